The second kappa shape index (κ2) is 4.29. The van der Waals surface area contributed by atoms with E-state index in [0.717, 1.165) is 6.08 Å². The number of ketones is 1. The Kier molecular flexibility index (Phi) is 3.66. The van der Waals surface area contributed by atoms with Crippen molar-refractivity contribution >= 4 is 33.3 Å². The van der Waals surface area contributed by atoms with Crippen LogP contribution in [0.4, 0.5) is 13.2 Å². The maximum absolute atomic E-state index is 12.3. The number of hydrogen-bond acceptors (Lipinski definition) is 1. The lowest BCUT2D eigenvalue weighted by molar-refractivity contribution is -0.173. The fraction of sp³-hybridized carbons (Fsp3) is 0.444. The van der Waals surface area contributed by atoms with Gasteiger partial charge in [0.15, 0.2) is 0 Å². The van der Waals surface area contributed by atoms with Gasteiger partial charge in [-0.25, -0.2) is 0 Å². The van der Waals surface area contributed by atoms with Gasteiger partial charge in [0.2, 0.25) is 0 Å². The van der Waals surface area contributed by atoms with E-state index in [0.29, 0.717) is 0 Å². The van der Waals surface area contributed by atoms with Crippen molar-refractivity contribution in [2.75, 3.05) is 5.33 Å². The number of alkyl halides is 5. The molecule has 1 aliphatic rings. The summed E-state index contributed by atoms with van der Waals surface area (Å²) < 4.78 is 36.8. The summed E-state index contributed by atoms with van der Waals surface area (Å²) in [6.45, 7) is 0. The van der Waals surface area contributed by atoms with Crippen molar-refractivity contribution in [3.63, 3.8) is 0 Å². The summed E-state index contributed by atoms with van der Waals surface area (Å²) >= 11 is 8.77. The highest BCUT2D eigenvalue weighted by molar-refractivity contribution is 9.09. The molecule has 0 aliphatic heterocycles. The van der Waals surface area contributed by atoms with E-state index >= 15 is 0 Å². The third kappa shape index (κ3) is 2.45. The Labute approximate surface area is 98.1 Å². The van der Waals surface area contributed by atoms with Crippen LogP contribution in [-0.2, 0) is 4.79 Å². The maximum atomic E-state index is 12.3. The molecule has 1 rings (SSSR count). The van der Waals surface area contributed by atoms with Gasteiger partial charge in [0.05, 0.1) is 0 Å². The van der Waals surface area contributed by atoms with Crippen molar-refractivity contribution in [2.45, 2.75) is 11.1 Å². The van der Waals surface area contributed by atoms with Gasteiger partial charge in [0.25, 0.3) is 5.78 Å². The topological polar surface area (TPSA) is 17.1 Å². The second-order valence-corrected chi connectivity index (χ2v) is 4.37. The molecular weight excluding hydrogens is 296 g/mol. The summed E-state index contributed by atoms with van der Waals surface area (Å²) in [5, 5.41) is 0.194. The smallest absolute Gasteiger partial charge is 0.287 e. The van der Waals surface area contributed by atoms with Gasteiger partial charge < -0.3 is 0 Å². The molecule has 0 bridgehead atoms. The van der Waals surface area contributed by atoms with E-state index in [4.69, 9.17) is 11.6 Å². The van der Waals surface area contributed by atoms with E-state index in [1.54, 1.807) is 6.08 Å². The number of carbonyl (C=O) groups is 1. The van der Waals surface area contributed by atoms with Gasteiger partial charge in [-0.15, -0.1) is 11.6 Å². The van der Waals surface area contributed by atoms with Crippen LogP contribution in [0, 0.1) is 5.92 Å². The number of hydrogen-bond donors (Lipinski definition) is 0. The van der Waals surface area contributed by atoms with Crippen LogP contribution in [-0.4, -0.2) is 22.2 Å². The van der Waals surface area contributed by atoms with Gasteiger partial charge in [-0.2, -0.15) is 13.2 Å². The van der Waals surface area contributed by atoms with Crippen molar-refractivity contribution in [3.05, 3.63) is 24.3 Å². The van der Waals surface area contributed by atoms with Crippen molar-refractivity contribution < 1.29 is 18.0 Å². The summed E-state index contributed by atoms with van der Waals surface area (Å²) in [5.41, 5.74) is 0. The van der Waals surface area contributed by atoms with E-state index < -0.39 is 22.8 Å². The minimum Gasteiger partial charge on any atom is -0.287 e. The molecule has 0 aromatic heterocycles. The van der Waals surface area contributed by atoms with Gasteiger partial charge in [-0.05, 0) is 0 Å². The van der Waals surface area contributed by atoms with E-state index in [-0.39, 0.29) is 5.33 Å². The Bertz CT molecular complexity index is 324. The largest absolute Gasteiger partial charge is 0.452 e. The summed E-state index contributed by atoms with van der Waals surface area (Å²) in [7, 11) is 0. The number of Topliss-reactive ketones (excluding diaryl/α,β-unsaturated/α-hetero) is 1. The van der Waals surface area contributed by atoms with Crippen LogP contribution in [0.15, 0.2) is 24.3 Å². The number of rotatable bonds is 2. The average molecular weight is 304 g/mol. The molecule has 0 heterocycles. The molecule has 0 saturated heterocycles. The predicted octanol–water partition coefficient (Wildman–Crippen LogP) is 3.23. The number of halogens is 5. The molecule has 0 spiro atoms. The van der Waals surface area contributed by atoms with Gasteiger partial charge >= 0.3 is 6.18 Å². The molecule has 0 aromatic carbocycles. The van der Waals surface area contributed by atoms with Crippen LogP contribution >= 0.6 is 27.5 Å². The van der Waals surface area contributed by atoms with Crippen LogP contribution in [0.3, 0.4) is 0 Å². The first-order valence-electron chi connectivity index (χ1n) is 4.05. The Morgan fingerprint density at radius 3 is 2.53 bits per heavy atom. The molecule has 0 N–H and O–H groups in total. The zero-order valence-electron chi connectivity index (χ0n) is 7.39. The lowest BCUT2D eigenvalue weighted by Gasteiger charge is -2.30. The van der Waals surface area contributed by atoms with Crippen molar-refractivity contribution in [3.8, 4) is 0 Å². The molecule has 1 aliphatic carbocycles. The fourth-order valence-electron chi connectivity index (χ4n) is 1.28. The molecule has 0 fully saturated rings. The van der Waals surface area contributed by atoms with Gasteiger partial charge in [-0.1, -0.05) is 40.2 Å². The zero-order chi connectivity index (χ0) is 11.7. The summed E-state index contributed by atoms with van der Waals surface area (Å²) in [5.74, 6) is -2.62. The van der Waals surface area contributed by atoms with Crippen LogP contribution in [0.5, 0.6) is 0 Å². The summed E-state index contributed by atoms with van der Waals surface area (Å²) in [6.07, 6.45) is 0.547. The summed E-state index contributed by atoms with van der Waals surface area (Å²) in [4.78, 5) is 9.13. The summed E-state index contributed by atoms with van der Waals surface area (Å²) in [6, 6.07) is 0. The lowest BCUT2D eigenvalue weighted by atomic mass is 9.85. The van der Waals surface area contributed by atoms with Crippen LogP contribution in [0.1, 0.15) is 0 Å². The molecule has 0 radical (unpaired) electrons. The quantitative estimate of drug-likeness (QED) is 0.716. The molecule has 2 atom stereocenters. The highest BCUT2D eigenvalue weighted by atomic mass is 79.9. The molecule has 6 heteroatoms. The molecule has 0 aromatic rings. The SMILES string of the molecule is O=C(C(F)(F)F)C1(Cl)C=CC=CC1CBr. The Hall–Kier alpha value is -0.290. The molecule has 0 saturated carbocycles. The first kappa shape index (κ1) is 12.8. The Morgan fingerprint density at radius 2 is 2.07 bits per heavy atom. The third-order valence-corrected chi connectivity index (χ3v) is 3.38. The number of allylic oxidation sites excluding steroid dienone is 4. The average Bonchev–Trinajstić information content (AvgIpc) is 2.16. The Balaban J connectivity index is 3.05. The highest BCUT2D eigenvalue weighted by Crippen LogP contribution is 2.38. The first-order chi connectivity index (χ1) is 6.82. The second-order valence-electron chi connectivity index (χ2n) is 3.10. The van der Waals surface area contributed by atoms with Crippen LogP contribution < -0.4 is 0 Å². The van der Waals surface area contributed by atoms with E-state index in [1.165, 1.54) is 12.2 Å². The molecule has 1 nitrogen and oxygen atoms in total. The molecule has 15 heavy (non-hydrogen) atoms. The van der Waals surface area contributed by atoms with E-state index in [2.05, 4.69) is 15.9 Å². The predicted molar refractivity (Wildman–Crippen MR) is 55.2 cm³/mol. The highest BCUT2D eigenvalue weighted by Gasteiger charge is 2.54. The molecule has 2 unspecified atom stereocenters. The van der Waals surface area contributed by atoms with E-state index in [1.807, 2.05) is 0 Å². The first-order valence-corrected chi connectivity index (χ1v) is 5.55. The monoisotopic (exact) mass is 302 g/mol. The number of carbonyl (C=O) groups excluding carboxylic acids is 1. The van der Waals surface area contributed by atoms with Gasteiger partial charge in [0, 0.05) is 11.2 Å². The maximum Gasteiger partial charge on any atom is 0.452 e. The van der Waals surface area contributed by atoms with Crippen molar-refractivity contribution in [1.82, 2.24) is 0 Å². The van der Waals surface area contributed by atoms with Crippen LogP contribution in [0.25, 0.3) is 0 Å². The standard InChI is InChI=1S/C9H7BrClF3O/c10-5-6-3-1-2-4-8(6,11)7(15)9(12,13)14/h1-4,6H,5H2. The molecule has 0 amide bonds. The van der Waals surface area contributed by atoms with Crippen molar-refractivity contribution in [2.24, 2.45) is 5.92 Å². The van der Waals surface area contributed by atoms with Crippen molar-refractivity contribution in [1.29, 1.82) is 0 Å². The Morgan fingerprint density at radius 1 is 1.47 bits per heavy atom. The van der Waals surface area contributed by atoms with Gasteiger partial charge in [0.1, 0.15) is 4.87 Å². The normalized spacial score (nSPS) is 30.6. The van der Waals surface area contributed by atoms with E-state index in [9.17, 15) is 18.0 Å². The zero-order valence-corrected chi connectivity index (χ0v) is 9.73. The fourth-order valence-corrected chi connectivity index (χ4v) is 2.53. The lowest BCUT2D eigenvalue weighted by Crippen LogP contribution is -2.47. The van der Waals surface area contributed by atoms with Crippen LogP contribution in [0.2, 0.25) is 0 Å². The minimum atomic E-state index is -4.92. The molecule has 84 valence electrons. The van der Waals surface area contributed by atoms with Gasteiger partial charge in [-0.3, -0.25) is 4.79 Å². The molecular formula is C9H7BrClF3O. The third-order valence-electron chi connectivity index (χ3n) is 2.10. The minimum absolute atomic E-state index is 0.194.